The van der Waals surface area contributed by atoms with E-state index in [2.05, 4.69) is 4.74 Å². The van der Waals surface area contributed by atoms with E-state index in [4.69, 9.17) is 10.5 Å². The van der Waals surface area contributed by atoms with E-state index in [9.17, 15) is 22.8 Å². The maximum atomic E-state index is 13.0. The highest BCUT2D eigenvalue weighted by molar-refractivity contribution is 7.99. The Bertz CT molecular complexity index is 713. The number of nitriles is 2. The van der Waals surface area contributed by atoms with Crippen LogP contribution in [0.4, 0.5) is 13.2 Å². The Labute approximate surface area is 120 Å². The second-order valence-corrected chi connectivity index (χ2v) is 4.48. The minimum atomic E-state index is -5.05. The van der Waals surface area contributed by atoms with Gasteiger partial charge < -0.3 is 9.72 Å². The summed E-state index contributed by atoms with van der Waals surface area (Å²) in [5, 5.41) is 17.1. The van der Waals surface area contributed by atoms with Gasteiger partial charge >= 0.3 is 12.1 Å². The van der Waals surface area contributed by atoms with Gasteiger partial charge in [0.25, 0.3) is 5.56 Å². The van der Waals surface area contributed by atoms with Crippen LogP contribution in [-0.4, -0.2) is 23.8 Å². The van der Waals surface area contributed by atoms with Crippen LogP contribution in [0.2, 0.25) is 0 Å². The zero-order chi connectivity index (χ0) is 16.2. The van der Waals surface area contributed by atoms with Crippen molar-refractivity contribution in [3.63, 3.8) is 0 Å². The number of esters is 1. The summed E-state index contributed by atoms with van der Waals surface area (Å²) in [6, 6.07) is 2.43. The Balaban J connectivity index is 3.53. The van der Waals surface area contributed by atoms with Crippen molar-refractivity contribution >= 4 is 17.7 Å². The van der Waals surface area contributed by atoms with Gasteiger partial charge in [0, 0.05) is 0 Å². The number of pyridine rings is 1. The van der Waals surface area contributed by atoms with E-state index >= 15 is 0 Å². The van der Waals surface area contributed by atoms with Gasteiger partial charge in [-0.05, 0) is 0 Å². The Morgan fingerprint density at radius 2 is 1.90 bits per heavy atom. The molecule has 0 atom stereocenters. The molecule has 110 valence electrons. The van der Waals surface area contributed by atoms with Crippen LogP contribution in [-0.2, 0) is 15.7 Å². The molecule has 10 heteroatoms. The van der Waals surface area contributed by atoms with Crippen LogP contribution in [0.5, 0.6) is 0 Å². The molecule has 0 saturated carbocycles. The molecule has 1 aromatic rings. The third-order valence-corrected chi connectivity index (χ3v) is 3.23. The fourth-order valence-corrected chi connectivity index (χ4v) is 2.21. The molecule has 1 heterocycles. The van der Waals surface area contributed by atoms with Crippen molar-refractivity contribution < 1.29 is 22.7 Å². The summed E-state index contributed by atoms with van der Waals surface area (Å²) in [5.41, 5.74) is -4.99. The summed E-state index contributed by atoms with van der Waals surface area (Å²) >= 11 is 0.506. The molecule has 0 aromatic carbocycles. The van der Waals surface area contributed by atoms with E-state index in [1.165, 1.54) is 6.07 Å². The van der Waals surface area contributed by atoms with Crippen LogP contribution in [0.1, 0.15) is 16.7 Å². The number of carbonyl (C=O) groups is 1. The summed E-state index contributed by atoms with van der Waals surface area (Å²) in [7, 11) is 1.08. The lowest BCUT2D eigenvalue weighted by Gasteiger charge is -2.12. The molecule has 1 aromatic heterocycles. The molecule has 0 bridgehead atoms. The highest BCUT2D eigenvalue weighted by Gasteiger charge is 2.39. The van der Waals surface area contributed by atoms with Gasteiger partial charge in [-0.2, -0.15) is 23.7 Å². The van der Waals surface area contributed by atoms with Crippen LogP contribution in [0.3, 0.4) is 0 Å². The van der Waals surface area contributed by atoms with E-state index in [1.54, 1.807) is 0 Å². The quantitative estimate of drug-likeness (QED) is 0.667. The largest absolute Gasteiger partial charge is 0.468 e. The normalized spacial score (nSPS) is 10.6. The Kier molecular flexibility index (Phi) is 5.00. The zero-order valence-corrected chi connectivity index (χ0v) is 11.2. The van der Waals surface area contributed by atoms with Gasteiger partial charge in [-0.1, -0.05) is 11.8 Å². The number of H-pyrrole nitrogens is 1. The average Bonchev–Trinajstić information content (AvgIpc) is 2.42. The topological polar surface area (TPSA) is 107 Å². The van der Waals surface area contributed by atoms with Crippen molar-refractivity contribution in [1.82, 2.24) is 4.98 Å². The van der Waals surface area contributed by atoms with Gasteiger partial charge in [-0.3, -0.25) is 9.59 Å². The predicted molar refractivity (Wildman–Crippen MR) is 64.2 cm³/mol. The highest BCUT2D eigenvalue weighted by Crippen LogP contribution is 2.36. The molecule has 6 nitrogen and oxygen atoms in total. The summed E-state index contributed by atoms with van der Waals surface area (Å²) < 4.78 is 43.2. The van der Waals surface area contributed by atoms with Gasteiger partial charge in [0.2, 0.25) is 0 Å². The van der Waals surface area contributed by atoms with Crippen molar-refractivity contribution in [2.75, 3.05) is 12.9 Å². The maximum absolute atomic E-state index is 13.0. The molecule has 0 unspecified atom stereocenters. The molecule has 0 spiro atoms. The molecule has 0 fully saturated rings. The average molecular weight is 317 g/mol. The number of ether oxygens (including phenoxy) is 1. The van der Waals surface area contributed by atoms with Crippen LogP contribution in [0.15, 0.2) is 9.82 Å². The number of nitrogens with zero attached hydrogens (tertiary/aromatic N) is 2. The molecular weight excluding hydrogens is 311 g/mol. The number of hydrogen-bond donors (Lipinski definition) is 1. The van der Waals surface area contributed by atoms with Crippen molar-refractivity contribution in [3.05, 3.63) is 27.0 Å². The molecule has 0 amide bonds. The number of aromatic nitrogens is 1. The molecule has 1 N–H and O–H groups in total. The van der Waals surface area contributed by atoms with Gasteiger partial charge in [0.1, 0.15) is 17.7 Å². The Hall–Kier alpha value is -2.46. The molecular formula is C11H6F3N3O3S. The van der Waals surface area contributed by atoms with E-state index < -0.39 is 45.2 Å². The molecule has 0 aliphatic carbocycles. The monoisotopic (exact) mass is 317 g/mol. The number of alkyl halides is 3. The second-order valence-electron chi connectivity index (χ2n) is 3.49. The van der Waals surface area contributed by atoms with Crippen molar-refractivity contribution in [2.45, 2.75) is 11.2 Å². The van der Waals surface area contributed by atoms with Gasteiger partial charge in [0.05, 0.1) is 29.0 Å². The minimum Gasteiger partial charge on any atom is -0.468 e. The molecule has 21 heavy (non-hydrogen) atoms. The van der Waals surface area contributed by atoms with Crippen molar-refractivity contribution in [1.29, 1.82) is 10.5 Å². The number of carbonyl (C=O) groups excluding carboxylic acids is 1. The third-order valence-electron chi connectivity index (χ3n) is 2.25. The van der Waals surface area contributed by atoms with Crippen LogP contribution < -0.4 is 5.56 Å². The lowest BCUT2D eigenvalue weighted by Crippen LogP contribution is -2.22. The first-order chi connectivity index (χ1) is 9.76. The fourth-order valence-electron chi connectivity index (χ4n) is 1.38. The fraction of sp³-hybridized carbons (Fsp3) is 0.273. The van der Waals surface area contributed by atoms with Crippen LogP contribution in [0, 0.1) is 22.7 Å². The molecule has 0 aliphatic heterocycles. The van der Waals surface area contributed by atoms with Crippen molar-refractivity contribution in [2.24, 2.45) is 0 Å². The van der Waals surface area contributed by atoms with Gasteiger partial charge in [-0.25, -0.2) is 0 Å². The summed E-state index contributed by atoms with van der Waals surface area (Å²) in [4.78, 5) is 24.5. The van der Waals surface area contributed by atoms with Gasteiger partial charge in [0.15, 0.2) is 0 Å². The number of methoxy groups -OCH3 is 1. The molecule has 0 saturated heterocycles. The summed E-state index contributed by atoms with van der Waals surface area (Å²) in [6.45, 7) is 0. The van der Waals surface area contributed by atoms with Crippen molar-refractivity contribution in [3.8, 4) is 12.1 Å². The molecule has 1 rings (SSSR count). The van der Waals surface area contributed by atoms with Gasteiger partial charge in [-0.15, -0.1) is 0 Å². The number of thioether (sulfide) groups is 1. The maximum Gasteiger partial charge on any atom is 0.419 e. The zero-order valence-electron chi connectivity index (χ0n) is 10.4. The number of nitrogens with one attached hydrogen (secondary N) is 1. The Morgan fingerprint density at radius 3 is 2.33 bits per heavy atom. The van der Waals surface area contributed by atoms with E-state index in [0.717, 1.165) is 13.2 Å². The first-order valence-corrected chi connectivity index (χ1v) is 6.12. The highest BCUT2D eigenvalue weighted by atomic mass is 32.2. The summed E-state index contributed by atoms with van der Waals surface area (Å²) in [6.07, 6.45) is -5.05. The number of hydrogen-bond acceptors (Lipinski definition) is 6. The lowest BCUT2D eigenvalue weighted by atomic mass is 10.1. The third kappa shape index (κ3) is 3.55. The number of halogens is 3. The van der Waals surface area contributed by atoms with Crippen LogP contribution >= 0.6 is 11.8 Å². The lowest BCUT2D eigenvalue weighted by molar-refractivity contribution is -0.138. The molecule has 0 aliphatic rings. The molecule has 0 radical (unpaired) electrons. The first-order valence-electron chi connectivity index (χ1n) is 5.13. The number of rotatable bonds is 3. The van der Waals surface area contributed by atoms with E-state index in [1.807, 2.05) is 4.98 Å². The predicted octanol–water partition coefficient (Wildman–Crippen LogP) is 1.40. The summed E-state index contributed by atoms with van der Waals surface area (Å²) in [5.74, 6) is -1.15. The first kappa shape index (κ1) is 16.6. The minimum absolute atomic E-state index is 0.398. The standard InChI is InChI=1S/C11H6F3N3O3S/c1-20-7(18)4-21-10-6(3-16)8(11(12,13)14)5(2-15)9(19)17-10/h4H2,1H3,(H,17,19). The smallest absolute Gasteiger partial charge is 0.419 e. The number of aromatic amines is 1. The Morgan fingerprint density at radius 1 is 1.33 bits per heavy atom. The SMILES string of the molecule is COC(=O)CSc1[nH]c(=O)c(C#N)c(C(F)(F)F)c1C#N. The van der Waals surface area contributed by atoms with E-state index in [0.29, 0.717) is 11.8 Å². The van der Waals surface area contributed by atoms with E-state index in [-0.39, 0.29) is 0 Å². The van der Waals surface area contributed by atoms with Crippen LogP contribution in [0.25, 0.3) is 0 Å². The second kappa shape index (κ2) is 6.33.